The third kappa shape index (κ3) is 3.95. The van der Waals surface area contributed by atoms with Gasteiger partial charge in [-0.15, -0.1) is 11.3 Å². The van der Waals surface area contributed by atoms with Crippen molar-refractivity contribution in [3.63, 3.8) is 0 Å². The summed E-state index contributed by atoms with van der Waals surface area (Å²) in [6, 6.07) is 0.521. The molecule has 1 fully saturated rings. The Morgan fingerprint density at radius 2 is 2.39 bits per heavy atom. The van der Waals surface area contributed by atoms with E-state index >= 15 is 0 Å². The zero-order valence-corrected chi connectivity index (χ0v) is 13.1. The minimum atomic E-state index is 0.521. The molecule has 1 saturated heterocycles. The molecule has 1 N–H and O–H groups in total. The molecule has 1 atom stereocenters. The van der Waals surface area contributed by atoms with E-state index in [1.54, 1.807) is 0 Å². The van der Waals surface area contributed by atoms with Gasteiger partial charge in [0, 0.05) is 35.7 Å². The number of nitrogens with zero attached hydrogens (tertiary/aromatic N) is 2. The number of thiazole rings is 1. The van der Waals surface area contributed by atoms with E-state index in [0.29, 0.717) is 12.0 Å². The van der Waals surface area contributed by atoms with Crippen LogP contribution in [0.25, 0.3) is 0 Å². The van der Waals surface area contributed by atoms with Crippen molar-refractivity contribution < 1.29 is 0 Å². The first kappa shape index (κ1) is 14.3. The van der Waals surface area contributed by atoms with Gasteiger partial charge >= 0.3 is 0 Å². The Morgan fingerprint density at radius 3 is 3.11 bits per heavy atom. The van der Waals surface area contributed by atoms with E-state index in [1.165, 1.54) is 27.9 Å². The lowest BCUT2D eigenvalue weighted by Gasteiger charge is -2.30. The fraction of sp³-hybridized carbons (Fsp3) is 0.769. The van der Waals surface area contributed by atoms with E-state index in [9.17, 15) is 0 Å². The second-order valence-electron chi connectivity index (χ2n) is 5.26. The van der Waals surface area contributed by atoms with E-state index in [0.717, 1.165) is 13.1 Å². The molecule has 2 heterocycles. The molecule has 2 rings (SSSR count). The van der Waals surface area contributed by atoms with Gasteiger partial charge in [0.25, 0.3) is 0 Å². The van der Waals surface area contributed by atoms with Crippen molar-refractivity contribution in [3.8, 4) is 0 Å². The molecular weight excluding hydrogens is 262 g/mol. The number of thioether (sulfide) groups is 1. The van der Waals surface area contributed by atoms with Gasteiger partial charge in [-0.1, -0.05) is 13.8 Å². The van der Waals surface area contributed by atoms with Crippen molar-refractivity contribution in [1.82, 2.24) is 15.2 Å². The fourth-order valence-corrected chi connectivity index (χ4v) is 4.37. The molecule has 1 aliphatic heterocycles. The van der Waals surface area contributed by atoms with E-state index in [2.05, 4.69) is 36.1 Å². The van der Waals surface area contributed by atoms with Crippen molar-refractivity contribution in [2.75, 3.05) is 31.6 Å². The summed E-state index contributed by atoms with van der Waals surface area (Å²) in [5, 5.41) is 4.76. The first-order valence-electron chi connectivity index (χ1n) is 6.60. The van der Waals surface area contributed by atoms with Gasteiger partial charge in [-0.3, -0.25) is 4.90 Å². The maximum absolute atomic E-state index is 4.61. The molecule has 1 unspecified atom stereocenters. The quantitative estimate of drug-likeness (QED) is 0.900. The van der Waals surface area contributed by atoms with Crippen LogP contribution in [0.2, 0.25) is 0 Å². The number of hydrogen-bond donors (Lipinski definition) is 1. The average molecular weight is 285 g/mol. The van der Waals surface area contributed by atoms with E-state index in [-0.39, 0.29) is 0 Å². The molecule has 102 valence electrons. The van der Waals surface area contributed by atoms with Crippen molar-refractivity contribution >= 4 is 23.1 Å². The Hall–Kier alpha value is -0.100. The molecule has 1 aromatic rings. The molecule has 0 bridgehead atoms. The molecule has 0 radical (unpaired) electrons. The van der Waals surface area contributed by atoms with E-state index in [1.807, 2.05) is 29.3 Å². The number of nitrogens with one attached hydrogen (secondary N) is 1. The predicted molar refractivity (Wildman–Crippen MR) is 81.4 cm³/mol. The van der Waals surface area contributed by atoms with Crippen LogP contribution in [0.3, 0.4) is 0 Å². The molecule has 5 heteroatoms. The molecule has 18 heavy (non-hydrogen) atoms. The van der Waals surface area contributed by atoms with Gasteiger partial charge in [-0.2, -0.15) is 11.8 Å². The van der Waals surface area contributed by atoms with Crippen molar-refractivity contribution in [2.24, 2.45) is 5.92 Å². The minimum absolute atomic E-state index is 0.521. The zero-order chi connectivity index (χ0) is 13.0. The first-order chi connectivity index (χ1) is 8.66. The van der Waals surface area contributed by atoms with Crippen LogP contribution in [0.4, 0.5) is 0 Å². The number of hydrogen-bond acceptors (Lipinski definition) is 5. The molecule has 3 nitrogen and oxygen atoms in total. The lowest BCUT2D eigenvalue weighted by molar-refractivity contribution is 0.274. The van der Waals surface area contributed by atoms with Crippen LogP contribution < -0.4 is 5.32 Å². The molecule has 0 amide bonds. The third-order valence-corrected chi connectivity index (χ3v) is 5.23. The maximum Gasteiger partial charge on any atom is 0.111 e. The maximum atomic E-state index is 4.61. The molecule has 0 aromatic carbocycles. The molecule has 0 saturated carbocycles. The molecule has 1 aromatic heterocycles. The molecule has 0 aliphatic carbocycles. The van der Waals surface area contributed by atoms with E-state index < -0.39 is 0 Å². The summed E-state index contributed by atoms with van der Waals surface area (Å²) in [7, 11) is 2.21. The van der Waals surface area contributed by atoms with Gasteiger partial charge in [0.15, 0.2) is 0 Å². The zero-order valence-electron chi connectivity index (χ0n) is 11.5. The third-order valence-electron chi connectivity index (χ3n) is 3.10. The Balaban J connectivity index is 1.88. The monoisotopic (exact) mass is 285 g/mol. The Kier molecular flexibility index (Phi) is 5.48. The van der Waals surface area contributed by atoms with Crippen molar-refractivity contribution in [3.05, 3.63) is 16.1 Å². The predicted octanol–water partition coefficient (Wildman–Crippen LogP) is 2.61. The summed E-state index contributed by atoms with van der Waals surface area (Å²) in [6.07, 6.45) is 2.04. The summed E-state index contributed by atoms with van der Waals surface area (Å²) in [5.74, 6) is 3.14. The van der Waals surface area contributed by atoms with Crippen LogP contribution in [0, 0.1) is 5.92 Å². The molecule has 0 spiro atoms. The van der Waals surface area contributed by atoms with Crippen LogP contribution in [0.5, 0.6) is 0 Å². The molecular formula is C13H23N3S2. The normalized spacial score (nSPS) is 21.7. The van der Waals surface area contributed by atoms with Crippen LogP contribution in [-0.2, 0) is 6.54 Å². The summed E-state index contributed by atoms with van der Waals surface area (Å²) in [4.78, 5) is 8.40. The fourth-order valence-electron chi connectivity index (χ4n) is 1.99. The van der Waals surface area contributed by atoms with Crippen molar-refractivity contribution in [2.45, 2.75) is 26.4 Å². The lowest BCUT2D eigenvalue weighted by atomic mass is 10.2. The van der Waals surface area contributed by atoms with Gasteiger partial charge < -0.3 is 5.32 Å². The average Bonchev–Trinajstić information content (AvgIpc) is 2.78. The lowest BCUT2D eigenvalue weighted by Crippen LogP contribution is -2.32. The smallest absolute Gasteiger partial charge is 0.111 e. The Labute approximate surface area is 118 Å². The highest BCUT2D eigenvalue weighted by atomic mass is 32.2. The first-order valence-corrected chi connectivity index (χ1v) is 8.57. The van der Waals surface area contributed by atoms with Gasteiger partial charge in [-0.25, -0.2) is 4.98 Å². The van der Waals surface area contributed by atoms with Gasteiger partial charge in [-0.05, 0) is 19.5 Å². The van der Waals surface area contributed by atoms with Crippen molar-refractivity contribution in [1.29, 1.82) is 0 Å². The standard InChI is InChI=1S/C13H23N3S2/c1-10(2)6-14-7-11-8-15-13(18-11)12-9-17-5-4-16(12)3/h8,10,12,14H,4-7,9H2,1-3H3. The highest BCUT2D eigenvalue weighted by Crippen LogP contribution is 2.30. The van der Waals surface area contributed by atoms with Crippen LogP contribution >= 0.6 is 23.1 Å². The van der Waals surface area contributed by atoms with E-state index in [4.69, 9.17) is 0 Å². The topological polar surface area (TPSA) is 28.2 Å². The van der Waals surface area contributed by atoms with Crippen LogP contribution in [-0.4, -0.2) is 41.5 Å². The molecule has 1 aliphatic rings. The van der Waals surface area contributed by atoms with Gasteiger partial charge in [0.05, 0.1) is 6.04 Å². The summed E-state index contributed by atoms with van der Waals surface area (Å²) >= 11 is 3.91. The highest BCUT2D eigenvalue weighted by molar-refractivity contribution is 7.99. The van der Waals surface area contributed by atoms with Crippen LogP contribution in [0.1, 0.15) is 29.8 Å². The Morgan fingerprint density at radius 1 is 1.56 bits per heavy atom. The Bertz CT molecular complexity index is 365. The van der Waals surface area contributed by atoms with Gasteiger partial charge in [0.2, 0.25) is 0 Å². The SMILES string of the molecule is CC(C)CNCc1cnc(C2CSCCN2C)s1. The summed E-state index contributed by atoms with van der Waals surface area (Å²) < 4.78 is 0. The second kappa shape index (κ2) is 6.89. The second-order valence-corrected chi connectivity index (χ2v) is 7.56. The number of aromatic nitrogens is 1. The number of rotatable bonds is 5. The largest absolute Gasteiger partial charge is 0.312 e. The summed E-state index contributed by atoms with van der Waals surface area (Å²) in [6.45, 7) is 7.68. The van der Waals surface area contributed by atoms with Gasteiger partial charge in [0.1, 0.15) is 5.01 Å². The highest BCUT2D eigenvalue weighted by Gasteiger charge is 2.23. The minimum Gasteiger partial charge on any atom is -0.312 e. The van der Waals surface area contributed by atoms with Crippen LogP contribution in [0.15, 0.2) is 6.20 Å². The summed E-state index contributed by atoms with van der Waals surface area (Å²) in [5.41, 5.74) is 0.